The third-order valence-corrected chi connectivity index (χ3v) is 5.53. The van der Waals surface area contributed by atoms with E-state index in [1.54, 1.807) is 55.5 Å². The molecule has 0 fully saturated rings. The number of nitrogens with zero attached hydrogens (tertiary/aromatic N) is 1. The highest BCUT2D eigenvalue weighted by Crippen LogP contribution is 2.13. The predicted molar refractivity (Wildman–Crippen MR) is 134 cm³/mol. The third-order valence-electron chi connectivity index (χ3n) is 5.53. The van der Waals surface area contributed by atoms with Crippen LogP contribution < -0.4 is 27.8 Å². The van der Waals surface area contributed by atoms with Crippen molar-refractivity contribution in [3.05, 3.63) is 65.7 Å². The van der Waals surface area contributed by atoms with Crippen LogP contribution in [0.25, 0.3) is 0 Å². The van der Waals surface area contributed by atoms with Crippen LogP contribution in [-0.4, -0.2) is 41.5 Å². The molecular weight excluding hydrogens is 448 g/mol. The van der Waals surface area contributed by atoms with Crippen LogP contribution in [0.3, 0.4) is 0 Å². The predicted octanol–water partition coefficient (Wildman–Crippen LogP) is 1.27. The lowest BCUT2D eigenvalue weighted by Gasteiger charge is -2.23. The number of amides is 5. The summed E-state index contributed by atoms with van der Waals surface area (Å²) in [6.07, 6.45) is 0.886. The van der Waals surface area contributed by atoms with Crippen molar-refractivity contribution in [1.29, 1.82) is 0 Å². The van der Waals surface area contributed by atoms with Gasteiger partial charge in [-0.1, -0.05) is 62.7 Å². The van der Waals surface area contributed by atoms with Gasteiger partial charge in [0.2, 0.25) is 5.91 Å². The van der Waals surface area contributed by atoms with Crippen LogP contribution in [-0.2, 0) is 27.2 Å². The molecule has 0 spiro atoms. The van der Waals surface area contributed by atoms with Crippen LogP contribution in [0.4, 0.5) is 10.5 Å². The maximum absolute atomic E-state index is 13.0. The molecule has 0 saturated carbocycles. The summed E-state index contributed by atoms with van der Waals surface area (Å²) in [5, 5.41) is 5.14. The molecule has 0 aliphatic rings. The molecule has 10 nitrogen and oxygen atoms in total. The first-order valence-corrected chi connectivity index (χ1v) is 11.3. The van der Waals surface area contributed by atoms with E-state index in [4.69, 9.17) is 17.2 Å². The number of hydrogen-bond donors (Lipinski definition) is 5. The topological polar surface area (TPSA) is 183 Å². The van der Waals surface area contributed by atoms with Gasteiger partial charge in [0, 0.05) is 12.1 Å². The minimum Gasteiger partial charge on any atom is -0.365 e. The second-order valence-corrected chi connectivity index (χ2v) is 8.29. The highest BCUT2D eigenvalue weighted by atomic mass is 16.2. The van der Waals surface area contributed by atoms with E-state index in [0.717, 1.165) is 11.1 Å². The molecule has 0 heterocycles. The smallest absolute Gasteiger partial charge is 0.316 e. The quantitative estimate of drug-likeness (QED) is 0.303. The number of anilines is 1. The molecule has 0 bridgehead atoms. The minimum absolute atomic E-state index is 0.0855. The van der Waals surface area contributed by atoms with Gasteiger partial charge in [-0.15, -0.1) is 0 Å². The molecule has 8 N–H and O–H groups in total. The second-order valence-electron chi connectivity index (χ2n) is 8.29. The van der Waals surface area contributed by atoms with Crippen LogP contribution in [0.1, 0.15) is 31.4 Å². The molecule has 186 valence electrons. The molecule has 0 saturated heterocycles. The maximum atomic E-state index is 13.0. The van der Waals surface area contributed by atoms with Crippen molar-refractivity contribution >= 4 is 35.2 Å². The first-order chi connectivity index (χ1) is 16.6. The average Bonchev–Trinajstić information content (AvgIpc) is 2.82. The molecule has 0 aliphatic carbocycles. The fourth-order valence-electron chi connectivity index (χ4n) is 3.33. The van der Waals surface area contributed by atoms with E-state index < -0.39 is 35.8 Å². The Labute approximate surface area is 204 Å². The summed E-state index contributed by atoms with van der Waals surface area (Å²) in [6, 6.07) is 13.2. The number of hydrogen-bond acceptors (Lipinski definition) is 5. The Morgan fingerprint density at radius 2 is 1.57 bits per heavy atom. The summed E-state index contributed by atoms with van der Waals surface area (Å²) in [4.78, 5) is 52.6. The van der Waals surface area contributed by atoms with Gasteiger partial charge in [0.05, 0.1) is 6.04 Å². The van der Waals surface area contributed by atoms with Crippen LogP contribution in [0.5, 0.6) is 0 Å². The number of rotatable bonds is 11. The molecule has 10 heteroatoms. The van der Waals surface area contributed by atoms with Gasteiger partial charge in [0.1, 0.15) is 11.8 Å². The van der Waals surface area contributed by atoms with Gasteiger partial charge in [-0.2, -0.15) is 0 Å². The summed E-state index contributed by atoms with van der Waals surface area (Å²) < 4.78 is 0. The zero-order valence-corrected chi connectivity index (χ0v) is 19.9. The molecule has 2 rings (SSSR count). The molecule has 0 aromatic heterocycles. The van der Waals surface area contributed by atoms with Gasteiger partial charge in [0.15, 0.2) is 0 Å². The third kappa shape index (κ3) is 8.67. The lowest BCUT2D eigenvalue weighted by Crippen LogP contribution is -2.51. The number of carbonyl (C=O) groups excluding carboxylic acids is 4. The number of primary amides is 2. The highest BCUT2D eigenvalue weighted by molar-refractivity contribution is 6.40. The average molecular weight is 481 g/mol. The summed E-state index contributed by atoms with van der Waals surface area (Å²) in [7, 11) is 0. The van der Waals surface area contributed by atoms with Crippen LogP contribution in [0.15, 0.2) is 59.6 Å². The summed E-state index contributed by atoms with van der Waals surface area (Å²) in [5.74, 6) is -2.25. The number of benzene rings is 2. The van der Waals surface area contributed by atoms with Gasteiger partial charge in [-0.3, -0.25) is 14.4 Å². The Morgan fingerprint density at radius 3 is 2.11 bits per heavy atom. The Hall–Kier alpha value is -4.05. The standard InChI is InChI=1S/C25H32N6O4/c1-3-15(2)21(24(34)30-20(22(27)32)14-16-7-5-4-6-8-16)31-23(33)19(26)13-17-9-11-18(12-10-17)29-25(28)35/h4-12,15,19,21H,3,13-14,26H2,1-2H3,(H2,27,32)(H,31,33)(H3,28,29,35)/t15-,19-,21-/m0/s1. The van der Waals surface area contributed by atoms with Crippen molar-refractivity contribution < 1.29 is 19.2 Å². The van der Waals surface area contributed by atoms with Gasteiger partial charge < -0.3 is 27.8 Å². The van der Waals surface area contributed by atoms with Gasteiger partial charge in [-0.25, -0.2) is 9.79 Å². The number of aliphatic imine (C=N–C) groups is 1. The zero-order chi connectivity index (χ0) is 26.0. The Kier molecular flexibility index (Phi) is 10.1. The molecule has 2 aromatic carbocycles. The first kappa shape index (κ1) is 27.2. The lowest BCUT2D eigenvalue weighted by atomic mass is 9.97. The lowest BCUT2D eigenvalue weighted by molar-refractivity contribution is -0.129. The largest absolute Gasteiger partial charge is 0.365 e. The fraction of sp³-hybridized carbons (Fsp3) is 0.320. The summed E-state index contributed by atoms with van der Waals surface area (Å²) in [5.41, 5.74) is 18.6. The molecule has 35 heavy (non-hydrogen) atoms. The van der Waals surface area contributed by atoms with Crippen molar-refractivity contribution in [2.45, 2.75) is 45.2 Å². The fourth-order valence-corrected chi connectivity index (χ4v) is 3.33. The van der Waals surface area contributed by atoms with Crippen molar-refractivity contribution in [3.63, 3.8) is 0 Å². The summed E-state index contributed by atoms with van der Waals surface area (Å²) in [6.45, 7) is 3.68. The van der Waals surface area contributed by atoms with Crippen molar-refractivity contribution in [1.82, 2.24) is 5.32 Å². The zero-order valence-electron chi connectivity index (χ0n) is 19.9. The van der Waals surface area contributed by atoms with Crippen LogP contribution in [0, 0.1) is 5.92 Å². The maximum Gasteiger partial charge on any atom is 0.316 e. The molecule has 2 aromatic rings. The molecular formula is C25H32N6O4. The first-order valence-electron chi connectivity index (χ1n) is 11.3. The Morgan fingerprint density at radius 1 is 0.943 bits per heavy atom. The second kappa shape index (κ2) is 13.0. The Balaban J connectivity index is 2.12. The summed E-state index contributed by atoms with van der Waals surface area (Å²) >= 11 is 0. The van der Waals surface area contributed by atoms with E-state index in [2.05, 4.69) is 15.6 Å². The van der Waals surface area contributed by atoms with E-state index in [9.17, 15) is 19.2 Å². The van der Waals surface area contributed by atoms with Crippen LogP contribution >= 0.6 is 0 Å². The van der Waals surface area contributed by atoms with E-state index in [1.807, 2.05) is 13.0 Å². The van der Waals surface area contributed by atoms with E-state index >= 15 is 0 Å². The van der Waals surface area contributed by atoms with Crippen LogP contribution in [0.2, 0.25) is 0 Å². The van der Waals surface area contributed by atoms with Crippen molar-refractivity contribution in [2.75, 3.05) is 5.32 Å². The number of nitrogens with one attached hydrogen (secondary N) is 2. The van der Waals surface area contributed by atoms with E-state index in [0.29, 0.717) is 12.1 Å². The SMILES string of the molecule is CC[C@H](C)[C@H](NC(=O)[C@@H](N)Cc1ccc(NC(N)=O)cc1)C(=O)N=C(Cc1ccccc1)C(N)=O. The molecule has 0 aliphatic heterocycles. The van der Waals surface area contributed by atoms with Crippen molar-refractivity contribution in [2.24, 2.45) is 28.1 Å². The normalized spacial score (nSPS) is 13.9. The molecule has 0 unspecified atom stereocenters. The van der Waals surface area contributed by atoms with E-state index in [-0.39, 0.29) is 24.5 Å². The monoisotopic (exact) mass is 480 g/mol. The number of carbonyl (C=O) groups is 4. The Bertz CT molecular complexity index is 1070. The number of nitrogens with two attached hydrogens (primary N) is 3. The van der Waals surface area contributed by atoms with E-state index in [1.165, 1.54) is 0 Å². The minimum atomic E-state index is -0.967. The molecule has 0 radical (unpaired) electrons. The van der Waals surface area contributed by atoms with Gasteiger partial charge in [-0.05, 0) is 35.6 Å². The van der Waals surface area contributed by atoms with Gasteiger partial charge in [0.25, 0.3) is 11.8 Å². The van der Waals surface area contributed by atoms with Gasteiger partial charge >= 0.3 is 6.03 Å². The molecule has 3 atom stereocenters. The highest BCUT2D eigenvalue weighted by Gasteiger charge is 2.28. The molecule has 5 amide bonds. The number of urea groups is 1. The van der Waals surface area contributed by atoms with Crippen molar-refractivity contribution in [3.8, 4) is 0 Å².